The smallest absolute Gasteiger partial charge is 0.409 e. The summed E-state index contributed by atoms with van der Waals surface area (Å²) < 4.78 is 4.95. The number of ether oxygens (including phenoxy) is 1. The van der Waals surface area contributed by atoms with E-state index in [1.165, 1.54) is 0 Å². The third-order valence-electron chi connectivity index (χ3n) is 1.30. The molecular formula is C9H19NO3. The zero-order valence-corrected chi connectivity index (χ0v) is 8.92. The van der Waals surface area contributed by atoms with E-state index in [1.54, 1.807) is 20.8 Å². The van der Waals surface area contributed by atoms with Crippen LogP contribution in [0.1, 0.15) is 34.6 Å². The van der Waals surface area contributed by atoms with Gasteiger partial charge in [0.15, 0.2) is 0 Å². The molecule has 4 heteroatoms. The Balaban J connectivity index is 3.89. The van der Waals surface area contributed by atoms with Crippen LogP contribution in [0.25, 0.3) is 0 Å². The molecule has 0 radical (unpaired) electrons. The van der Waals surface area contributed by atoms with Crippen molar-refractivity contribution in [3.8, 4) is 0 Å². The molecule has 78 valence electrons. The maximum Gasteiger partial charge on any atom is 0.409 e. The number of aliphatic hydroxyl groups is 1. The van der Waals surface area contributed by atoms with E-state index in [1.807, 2.05) is 13.8 Å². The first-order valence-electron chi connectivity index (χ1n) is 4.40. The largest absolute Gasteiger partial charge is 0.444 e. The number of rotatable bonds is 2. The van der Waals surface area contributed by atoms with Crippen LogP contribution < -0.4 is 5.32 Å². The maximum absolute atomic E-state index is 11.1. The van der Waals surface area contributed by atoms with Gasteiger partial charge in [0.1, 0.15) is 11.8 Å². The molecule has 0 aliphatic carbocycles. The van der Waals surface area contributed by atoms with Gasteiger partial charge >= 0.3 is 6.09 Å². The van der Waals surface area contributed by atoms with E-state index < -0.39 is 17.9 Å². The van der Waals surface area contributed by atoms with Crippen LogP contribution in [0.15, 0.2) is 0 Å². The van der Waals surface area contributed by atoms with Crippen LogP contribution >= 0.6 is 0 Å². The van der Waals surface area contributed by atoms with Crippen LogP contribution in [0, 0.1) is 5.92 Å². The van der Waals surface area contributed by atoms with Crippen molar-refractivity contribution in [2.45, 2.75) is 46.4 Å². The van der Waals surface area contributed by atoms with Gasteiger partial charge in [-0.1, -0.05) is 13.8 Å². The summed E-state index contributed by atoms with van der Waals surface area (Å²) in [6, 6.07) is 0. The van der Waals surface area contributed by atoms with Crippen LogP contribution in [-0.2, 0) is 4.74 Å². The number of nitrogens with one attached hydrogen (secondary N) is 1. The lowest BCUT2D eigenvalue weighted by Crippen LogP contribution is -2.41. The van der Waals surface area contributed by atoms with Crippen LogP contribution in [0.3, 0.4) is 0 Å². The fourth-order valence-corrected chi connectivity index (χ4v) is 0.595. The second-order valence-electron chi connectivity index (χ2n) is 4.34. The molecule has 0 aromatic rings. The monoisotopic (exact) mass is 189 g/mol. The summed E-state index contributed by atoms with van der Waals surface area (Å²) in [5, 5.41) is 11.6. The number of carbonyl (C=O) groups excluding carboxylic acids is 1. The minimum Gasteiger partial charge on any atom is -0.444 e. The first kappa shape index (κ1) is 12.2. The normalized spacial score (nSPS) is 14.1. The third-order valence-corrected chi connectivity index (χ3v) is 1.30. The van der Waals surface area contributed by atoms with Gasteiger partial charge in [-0.2, -0.15) is 0 Å². The number of hydrogen-bond acceptors (Lipinski definition) is 3. The molecule has 1 atom stereocenters. The molecule has 1 amide bonds. The molecule has 0 aromatic heterocycles. The summed E-state index contributed by atoms with van der Waals surface area (Å²) in [5.74, 6) is -0.0208. The van der Waals surface area contributed by atoms with Crippen molar-refractivity contribution < 1.29 is 14.6 Å². The van der Waals surface area contributed by atoms with Gasteiger partial charge in [0.05, 0.1) is 0 Å². The van der Waals surface area contributed by atoms with Crippen molar-refractivity contribution in [2.24, 2.45) is 5.92 Å². The summed E-state index contributed by atoms with van der Waals surface area (Å²) in [6.45, 7) is 8.93. The molecule has 0 saturated heterocycles. The summed E-state index contributed by atoms with van der Waals surface area (Å²) >= 11 is 0. The van der Waals surface area contributed by atoms with Gasteiger partial charge in [0.25, 0.3) is 0 Å². The standard InChI is InChI=1S/C9H19NO3/c1-6(2)7(11)10-8(12)13-9(3,4)5/h6-7,11H,1-5H3,(H,10,12). The highest BCUT2D eigenvalue weighted by atomic mass is 16.6. The fraction of sp³-hybridized carbons (Fsp3) is 0.889. The van der Waals surface area contributed by atoms with Gasteiger partial charge in [0.2, 0.25) is 0 Å². The molecule has 0 aliphatic rings. The highest BCUT2D eigenvalue weighted by molar-refractivity contribution is 5.67. The Hall–Kier alpha value is -0.770. The van der Waals surface area contributed by atoms with Gasteiger partial charge in [-0.3, -0.25) is 5.32 Å². The number of amides is 1. The molecule has 0 saturated carbocycles. The zero-order valence-electron chi connectivity index (χ0n) is 8.92. The third kappa shape index (κ3) is 6.40. The van der Waals surface area contributed by atoms with E-state index in [-0.39, 0.29) is 5.92 Å². The molecule has 0 heterocycles. The second kappa shape index (κ2) is 4.46. The van der Waals surface area contributed by atoms with Gasteiger partial charge in [-0.25, -0.2) is 4.79 Å². The topological polar surface area (TPSA) is 58.6 Å². The average Bonchev–Trinajstić information content (AvgIpc) is 1.81. The molecule has 0 rings (SSSR count). The van der Waals surface area contributed by atoms with Crippen molar-refractivity contribution in [3.05, 3.63) is 0 Å². The lowest BCUT2D eigenvalue weighted by atomic mass is 10.2. The summed E-state index contributed by atoms with van der Waals surface area (Å²) in [7, 11) is 0. The van der Waals surface area contributed by atoms with Gasteiger partial charge < -0.3 is 9.84 Å². The minimum absolute atomic E-state index is 0.0208. The van der Waals surface area contributed by atoms with Crippen molar-refractivity contribution in [2.75, 3.05) is 0 Å². The minimum atomic E-state index is -0.852. The van der Waals surface area contributed by atoms with E-state index in [0.717, 1.165) is 0 Å². The Morgan fingerprint density at radius 1 is 1.38 bits per heavy atom. The molecule has 13 heavy (non-hydrogen) atoms. The molecule has 2 N–H and O–H groups in total. The fourth-order valence-electron chi connectivity index (χ4n) is 0.595. The molecule has 0 aliphatic heterocycles. The highest BCUT2D eigenvalue weighted by Crippen LogP contribution is 2.07. The SMILES string of the molecule is CC(C)C(O)NC(=O)OC(C)(C)C. The molecule has 0 fully saturated rings. The first-order chi connectivity index (χ1) is 5.72. The molecule has 4 nitrogen and oxygen atoms in total. The lowest BCUT2D eigenvalue weighted by Gasteiger charge is -2.22. The van der Waals surface area contributed by atoms with Crippen LogP contribution in [0.4, 0.5) is 4.79 Å². The summed E-state index contributed by atoms with van der Waals surface area (Å²) in [5.41, 5.74) is -0.527. The zero-order chi connectivity index (χ0) is 10.6. The quantitative estimate of drug-likeness (QED) is 0.647. The van der Waals surface area contributed by atoms with Crippen molar-refractivity contribution in [1.82, 2.24) is 5.32 Å². The predicted octanol–water partition coefficient (Wildman–Crippen LogP) is 1.49. The van der Waals surface area contributed by atoms with E-state index >= 15 is 0 Å². The Morgan fingerprint density at radius 3 is 2.15 bits per heavy atom. The molecule has 1 unspecified atom stereocenters. The Morgan fingerprint density at radius 2 is 1.85 bits per heavy atom. The van der Waals surface area contributed by atoms with Crippen molar-refractivity contribution in [1.29, 1.82) is 0 Å². The molecule has 0 spiro atoms. The van der Waals surface area contributed by atoms with Crippen molar-refractivity contribution in [3.63, 3.8) is 0 Å². The van der Waals surface area contributed by atoms with E-state index in [2.05, 4.69) is 5.32 Å². The Bertz CT molecular complexity index is 172. The number of alkyl carbamates (subject to hydrolysis) is 1. The van der Waals surface area contributed by atoms with E-state index in [0.29, 0.717) is 0 Å². The van der Waals surface area contributed by atoms with Crippen LogP contribution in [0.5, 0.6) is 0 Å². The predicted molar refractivity (Wildman–Crippen MR) is 50.2 cm³/mol. The Kier molecular flexibility index (Phi) is 4.20. The van der Waals surface area contributed by atoms with Gasteiger partial charge in [-0.05, 0) is 26.7 Å². The Labute approximate surface area is 79.3 Å². The van der Waals surface area contributed by atoms with Crippen molar-refractivity contribution >= 4 is 6.09 Å². The number of aliphatic hydroxyl groups excluding tert-OH is 1. The number of carbonyl (C=O) groups is 1. The average molecular weight is 189 g/mol. The maximum atomic E-state index is 11.1. The molecule has 0 aromatic carbocycles. The van der Waals surface area contributed by atoms with E-state index in [4.69, 9.17) is 4.74 Å². The van der Waals surface area contributed by atoms with E-state index in [9.17, 15) is 9.90 Å². The number of hydrogen-bond donors (Lipinski definition) is 2. The summed E-state index contributed by atoms with van der Waals surface area (Å²) in [4.78, 5) is 11.1. The summed E-state index contributed by atoms with van der Waals surface area (Å²) in [6.07, 6.45) is -1.44. The molecule has 0 bridgehead atoms. The van der Waals surface area contributed by atoms with Crippen LogP contribution in [-0.4, -0.2) is 23.0 Å². The molecular weight excluding hydrogens is 170 g/mol. The van der Waals surface area contributed by atoms with Gasteiger partial charge in [0, 0.05) is 0 Å². The first-order valence-corrected chi connectivity index (χ1v) is 4.40. The highest BCUT2D eigenvalue weighted by Gasteiger charge is 2.19. The second-order valence-corrected chi connectivity index (χ2v) is 4.34. The van der Waals surface area contributed by atoms with Gasteiger partial charge in [-0.15, -0.1) is 0 Å². The van der Waals surface area contributed by atoms with Crippen LogP contribution in [0.2, 0.25) is 0 Å². The lowest BCUT2D eigenvalue weighted by molar-refractivity contribution is 0.0266.